The number of benzene rings is 1. The molecule has 0 saturated carbocycles. The van der Waals surface area contributed by atoms with E-state index in [0.29, 0.717) is 0 Å². The Bertz CT molecular complexity index is 1090. The summed E-state index contributed by atoms with van der Waals surface area (Å²) >= 11 is 0. The number of rotatable bonds is 4. The van der Waals surface area contributed by atoms with E-state index in [9.17, 15) is 31.2 Å². The second-order valence-corrected chi connectivity index (χ2v) is 8.71. The number of primary amides is 1. The van der Waals surface area contributed by atoms with E-state index in [2.05, 4.69) is 0 Å². The highest BCUT2D eigenvalue weighted by Gasteiger charge is 2.37. The number of piperazine rings is 1. The van der Waals surface area contributed by atoms with Crippen LogP contribution in [0, 0.1) is 0 Å². The van der Waals surface area contributed by atoms with Crippen molar-refractivity contribution < 1.29 is 31.2 Å². The molecule has 2 N–H and O–H groups in total. The number of nitrogens with two attached hydrogens (primary N) is 1. The molecule has 162 valence electrons. The number of alkyl halides is 3. The molecule has 2 amide bonds. The van der Waals surface area contributed by atoms with E-state index in [1.165, 1.54) is 34.8 Å². The number of aromatic nitrogens is 1. The molecule has 12 heteroatoms. The van der Waals surface area contributed by atoms with Crippen LogP contribution in [0.15, 0.2) is 41.4 Å². The molecule has 0 unspecified atom stereocenters. The van der Waals surface area contributed by atoms with Gasteiger partial charge in [0.2, 0.25) is 10.0 Å². The number of carbonyl (C=O) groups is 2. The van der Waals surface area contributed by atoms with Gasteiger partial charge >= 0.3 is 6.18 Å². The highest BCUT2D eigenvalue weighted by molar-refractivity contribution is 7.89. The van der Waals surface area contributed by atoms with E-state index in [0.717, 1.165) is 22.5 Å². The Kier molecular flexibility index (Phi) is 5.65. The zero-order valence-electron chi connectivity index (χ0n) is 15.9. The average molecular weight is 444 g/mol. The predicted octanol–water partition coefficient (Wildman–Crippen LogP) is 1.29. The highest BCUT2D eigenvalue weighted by Crippen LogP contribution is 2.32. The minimum absolute atomic E-state index is 0.0196. The lowest BCUT2D eigenvalue weighted by atomic mass is 10.1. The maximum absolute atomic E-state index is 13.2. The smallest absolute Gasteiger partial charge is 0.364 e. The molecule has 0 bridgehead atoms. The predicted molar refractivity (Wildman–Crippen MR) is 100 cm³/mol. The van der Waals surface area contributed by atoms with Crippen LogP contribution < -0.4 is 5.73 Å². The van der Waals surface area contributed by atoms with E-state index in [-0.39, 0.29) is 36.8 Å². The van der Waals surface area contributed by atoms with Gasteiger partial charge in [-0.15, -0.1) is 0 Å². The molecule has 0 radical (unpaired) electrons. The Morgan fingerprint density at radius 1 is 1.07 bits per heavy atom. The third-order valence-corrected chi connectivity index (χ3v) is 6.72. The van der Waals surface area contributed by atoms with Crippen molar-refractivity contribution in [3.8, 4) is 0 Å². The van der Waals surface area contributed by atoms with Crippen LogP contribution in [-0.4, -0.2) is 60.2 Å². The third-order valence-electron chi connectivity index (χ3n) is 4.86. The van der Waals surface area contributed by atoms with Crippen molar-refractivity contribution in [2.45, 2.75) is 11.1 Å². The van der Waals surface area contributed by atoms with Gasteiger partial charge in [0.1, 0.15) is 10.6 Å². The zero-order valence-corrected chi connectivity index (χ0v) is 16.7. The summed E-state index contributed by atoms with van der Waals surface area (Å²) in [6, 6.07) is 5.64. The van der Waals surface area contributed by atoms with Gasteiger partial charge < -0.3 is 15.2 Å². The number of halogens is 3. The molecule has 1 saturated heterocycles. The summed E-state index contributed by atoms with van der Waals surface area (Å²) < 4.78 is 67.6. The summed E-state index contributed by atoms with van der Waals surface area (Å²) in [5, 5.41) is 0. The topological polar surface area (TPSA) is 106 Å². The van der Waals surface area contributed by atoms with Crippen LogP contribution in [0.3, 0.4) is 0 Å². The van der Waals surface area contributed by atoms with Crippen LogP contribution in [-0.2, 0) is 23.2 Å². The maximum atomic E-state index is 13.2. The van der Waals surface area contributed by atoms with Crippen LogP contribution >= 0.6 is 0 Å². The largest absolute Gasteiger partial charge is 0.417 e. The van der Waals surface area contributed by atoms with Gasteiger partial charge in [0.25, 0.3) is 11.8 Å². The van der Waals surface area contributed by atoms with Crippen molar-refractivity contribution in [2.75, 3.05) is 26.2 Å². The number of carbonyl (C=O) groups excluding carboxylic acids is 2. The van der Waals surface area contributed by atoms with Crippen LogP contribution in [0.25, 0.3) is 0 Å². The van der Waals surface area contributed by atoms with Gasteiger partial charge in [0, 0.05) is 39.4 Å². The molecule has 8 nitrogen and oxygen atoms in total. The minimum atomic E-state index is -4.68. The molecule has 1 aliphatic heterocycles. The Labute approximate surface area is 170 Å². The quantitative estimate of drug-likeness (QED) is 0.767. The number of aryl methyl sites for hydroxylation is 1. The number of hydrogen-bond acceptors (Lipinski definition) is 4. The molecule has 3 rings (SSSR count). The average Bonchev–Trinajstić information content (AvgIpc) is 3.10. The molecule has 1 fully saturated rings. The molecule has 2 aromatic rings. The lowest BCUT2D eigenvalue weighted by molar-refractivity contribution is -0.138. The Hall–Kier alpha value is -2.86. The van der Waals surface area contributed by atoms with Gasteiger partial charge in [-0.2, -0.15) is 17.5 Å². The maximum Gasteiger partial charge on any atom is 0.417 e. The monoisotopic (exact) mass is 444 g/mol. The molecule has 2 heterocycles. The molecule has 30 heavy (non-hydrogen) atoms. The number of hydrogen-bond donors (Lipinski definition) is 1. The molecular formula is C18H19F3N4O4S. The van der Waals surface area contributed by atoms with Crippen molar-refractivity contribution in [3.05, 3.63) is 53.3 Å². The van der Waals surface area contributed by atoms with Gasteiger partial charge in [0.15, 0.2) is 0 Å². The first-order valence-electron chi connectivity index (χ1n) is 8.84. The van der Waals surface area contributed by atoms with E-state index < -0.39 is 39.1 Å². The van der Waals surface area contributed by atoms with Crippen LogP contribution in [0.4, 0.5) is 13.2 Å². The fourth-order valence-electron chi connectivity index (χ4n) is 3.29. The molecule has 1 aliphatic rings. The van der Waals surface area contributed by atoms with E-state index in [1.807, 2.05) is 0 Å². The Morgan fingerprint density at radius 2 is 1.67 bits per heavy atom. The van der Waals surface area contributed by atoms with Crippen molar-refractivity contribution in [3.63, 3.8) is 0 Å². The van der Waals surface area contributed by atoms with E-state index >= 15 is 0 Å². The molecule has 0 aliphatic carbocycles. The van der Waals surface area contributed by atoms with Gasteiger partial charge in [-0.3, -0.25) is 9.59 Å². The summed E-state index contributed by atoms with van der Waals surface area (Å²) in [6.45, 7) is -0.328. The van der Waals surface area contributed by atoms with Crippen LogP contribution in [0.2, 0.25) is 0 Å². The van der Waals surface area contributed by atoms with Crippen molar-refractivity contribution in [1.29, 1.82) is 0 Å². The fraction of sp³-hybridized carbons (Fsp3) is 0.333. The lowest BCUT2D eigenvalue weighted by Gasteiger charge is -2.34. The standard InChI is InChI=1S/C18H19F3N4O4S/c1-23-11-12(10-15(23)16(22)26)30(28,29)25-8-6-24(7-9-25)17(27)13-4-2-3-5-14(13)18(19,20)21/h2-5,10-11H,6-9H2,1H3,(H2,22,26). The third kappa shape index (κ3) is 4.05. The highest BCUT2D eigenvalue weighted by atomic mass is 32.2. The van der Waals surface area contributed by atoms with E-state index in [4.69, 9.17) is 5.73 Å². The summed E-state index contributed by atoms with van der Waals surface area (Å²) in [4.78, 5) is 25.0. The summed E-state index contributed by atoms with van der Waals surface area (Å²) in [5.41, 5.74) is 3.72. The lowest BCUT2D eigenvalue weighted by Crippen LogP contribution is -2.50. The van der Waals surface area contributed by atoms with Gasteiger partial charge in [-0.25, -0.2) is 8.42 Å². The zero-order chi connectivity index (χ0) is 22.3. The van der Waals surface area contributed by atoms with Crippen molar-refractivity contribution in [1.82, 2.24) is 13.8 Å². The first-order chi connectivity index (χ1) is 13.9. The molecule has 1 aromatic heterocycles. The van der Waals surface area contributed by atoms with Gasteiger partial charge in [-0.1, -0.05) is 12.1 Å². The molecule has 1 aromatic carbocycles. The summed E-state index contributed by atoms with van der Waals surface area (Å²) in [7, 11) is -2.48. The second kappa shape index (κ2) is 7.76. The first kappa shape index (κ1) is 21.8. The minimum Gasteiger partial charge on any atom is -0.364 e. The van der Waals surface area contributed by atoms with Gasteiger partial charge in [-0.05, 0) is 18.2 Å². The summed E-state index contributed by atoms with van der Waals surface area (Å²) in [6.07, 6.45) is -3.42. The number of nitrogens with zero attached hydrogens (tertiary/aromatic N) is 3. The molecule has 0 atom stereocenters. The molecule has 0 spiro atoms. The molecular weight excluding hydrogens is 425 g/mol. The van der Waals surface area contributed by atoms with E-state index in [1.54, 1.807) is 0 Å². The Morgan fingerprint density at radius 3 is 2.20 bits per heavy atom. The second-order valence-electron chi connectivity index (χ2n) is 6.78. The van der Waals surface area contributed by atoms with Crippen molar-refractivity contribution >= 4 is 21.8 Å². The first-order valence-corrected chi connectivity index (χ1v) is 10.3. The number of sulfonamides is 1. The van der Waals surface area contributed by atoms with Crippen LogP contribution in [0.1, 0.15) is 26.4 Å². The normalized spacial score (nSPS) is 15.9. The SMILES string of the molecule is Cn1cc(S(=O)(=O)N2CCN(C(=O)c3ccccc3C(F)(F)F)CC2)cc1C(N)=O. The van der Waals surface area contributed by atoms with Gasteiger partial charge in [0.05, 0.1) is 11.1 Å². The Balaban J connectivity index is 1.76. The fourth-order valence-corrected chi connectivity index (χ4v) is 4.78. The van der Waals surface area contributed by atoms with Crippen LogP contribution in [0.5, 0.6) is 0 Å². The summed E-state index contributed by atoms with van der Waals surface area (Å²) in [5.74, 6) is -1.59. The number of amides is 2. The van der Waals surface area contributed by atoms with Crippen molar-refractivity contribution in [2.24, 2.45) is 12.8 Å².